The number of anilines is 1. The first-order chi connectivity index (χ1) is 8.92. The highest BCUT2D eigenvalue weighted by Gasteiger charge is 2.04. The lowest BCUT2D eigenvalue weighted by Crippen LogP contribution is -2.05. The molecule has 0 spiro atoms. The molecule has 3 nitrogen and oxygen atoms in total. The predicted molar refractivity (Wildman–Crippen MR) is 75.8 cm³/mol. The number of aromatic amines is 1. The summed E-state index contributed by atoms with van der Waals surface area (Å²) in [6.45, 7) is 0.964. The molecule has 1 heterocycles. The van der Waals surface area contributed by atoms with Crippen LogP contribution in [0.3, 0.4) is 0 Å². The SMILES string of the molecule is C1=C(CCNc2nc3ccccc3[nH]2)CCCC1. The summed E-state index contributed by atoms with van der Waals surface area (Å²) in [6.07, 6.45) is 8.81. The molecule has 2 N–H and O–H groups in total. The van der Waals surface area contributed by atoms with Crippen molar-refractivity contribution in [2.75, 3.05) is 11.9 Å². The molecule has 0 saturated heterocycles. The maximum absolute atomic E-state index is 4.51. The summed E-state index contributed by atoms with van der Waals surface area (Å²) in [4.78, 5) is 7.80. The van der Waals surface area contributed by atoms with Crippen LogP contribution >= 0.6 is 0 Å². The topological polar surface area (TPSA) is 40.7 Å². The van der Waals surface area contributed by atoms with Gasteiger partial charge in [0, 0.05) is 6.54 Å². The Morgan fingerprint density at radius 2 is 2.17 bits per heavy atom. The highest BCUT2D eigenvalue weighted by molar-refractivity contribution is 5.77. The number of nitrogens with one attached hydrogen (secondary N) is 2. The number of aromatic nitrogens is 2. The van der Waals surface area contributed by atoms with Crippen molar-refractivity contribution in [2.45, 2.75) is 32.1 Å². The molecule has 0 fully saturated rings. The van der Waals surface area contributed by atoms with Gasteiger partial charge in [0.1, 0.15) is 0 Å². The fourth-order valence-corrected chi connectivity index (χ4v) is 2.51. The van der Waals surface area contributed by atoms with E-state index in [9.17, 15) is 0 Å². The predicted octanol–water partition coefficient (Wildman–Crippen LogP) is 3.87. The maximum Gasteiger partial charge on any atom is 0.201 e. The average Bonchev–Trinajstić information content (AvgIpc) is 2.82. The molecule has 0 saturated carbocycles. The quantitative estimate of drug-likeness (QED) is 0.798. The van der Waals surface area contributed by atoms with E-state index in [1.807, 2.05) is 18.2 Å². The fraction of sp³-hybridized carbons (Fsp3) is 0.400. The molecule has 3 rings (SSSR count). The number of hydrogen-bond acceptors (Lipinski definition) is 2. The first kappa shape index (κ1) is 11.3. The first-order valence-corrected chi connectivity index (χ1v) is 6.78. The molecule has 18 heavy (non-hydrogen) atoms. The number of allylic oxidation sites excluding steroid dienone is 1. The number of rotatable bonds is 4. The van der Waals surface area contributed by atoms with Crippen LogP contribution in [0.15, 0.2) is 35.9 Å². The number of hydrogen-bond donors (Lipinski definition) is 2. The van der Waals surface area contributed by atoms with Gasteiger partial charge in [0.15, 0.2) is 0 Å². The van der Waals surface area contributed by atoms with E-state index in [1.165, 1.54) is 25.7 Å². The van der Waals surface area contributed by atoms with Crippen molar-refractivity contribution in [3.63, 3.8) is 0 Å². The number of benzene rings is 1. The Labute approximate surface area is 107 Å². The molecular weight excluding hydrogens is 222 g/mol. The second-order valence-electron chi connectivity index (χ2n) is 4.89. The van der Waals surface area contributed by atoms with Crippen molar-refractivity contribution in [1.29, 1.82) is 0 Å². The number of H-pyrrole nitrogens is 1. The molecule has 0 amide bonds. The molecule has 2 aromatic rings. The van der Waals surface area contributed by atoms with Crippen LogP contribution in [0.4, 0.5) is 5.95 Å². The number of imidazole rings is 1. The molecule has 0 unspecified atom stereocenters. The normalized spacial score (nSPS) is 15.7. The van der Waals surface area contributed by atoms with Gasteiger partial charge in [0.05, 0.1) is 11.0 Å². The third-order valence-corrected chi connectivity index (χ3v) is 3.51. The van der Waals surface area contributed by atoms with E-state index < -0.39 is 0 Å². The molecule has 1 aromatic carbocycles. The second kappa shape index (κ2) is 5.25. The standard InChI is InChI=1S/C15H19N3/c1-2-6-12(7-3-1)10-11-16-15-17-13-8-4-5-9-14(13)18-15/h4-6,8-9H,1-3,7,10-11H2,(H2,16,17,18). The first-order valence-electron chi connectivity index (χ1n) is 6.78. The fourth-order valence-electron chi connectivity index (χ4n) is 2.51. The van der Waals surface area contributed by atoms with E-state index >= 15 is 0 Å². The molecule has 0 bridgehead atoms. The summed E-state index contributed by atoms with van der Waals surface area (Å²) in [5, 5.41) is 3.37. The van der Waals surface area contributed by atoms with Crippen LogP contribution in [0.1, 0.15) is 32.1 Å². The van der Waals surface area contributed by atoms with Gasteiger partial charge in [-0.15, -0.1) is 0 Å². The van der Waals surface area contributed by atoms with Gasteiger partial charge in [-0.3, -0.25) is 0 Å². The molecule has 1 aliphatic carbocycles. The lowest BCUT2D eigenvalue weighted by molar-refractivity contribution is 0.679. The Balaban J connectivity index is 1.58. The van der Waals surface area contributed by atoms with Crippen molar-refractivity contribution in [3.8, 4) is 0 Å². The van der Waals surface area contributed by atoms with E-state index in [1.54, 1.807) is 5.57 Å². The zero-order valence-electron chi connectivity index (χ0n) is 10.6. The largest absolute Gasteiger partial charge is 0.355 e. The van der Waals surface area contributed by atoms with Gasteiger partial charge in [0.2, 0.25) is 5.95 Å². The van der Waals surface area contributed by atoms with Gasteiger partial charge >= 0.3 is 0 Å². The van der Waals surface area contributed by atoms with Gasteiger partial charge in [-0.1, -0.05) is 23.8 Å². The second-order valence-corrected chi connectivity index (χ2v) is 4.89. The Kier molecular flexibility index (Phi) is 3.31. The van der Waals surface area contributed by atoms with Gasteiger partial charge in [-0.2, -0.15) is 0 Å². The van der Waals surface area contributed by atoms with Crippen molar-refractivity contribution in [2.24, 2.45) is 0 Å². The molecule has 0 aliphatic heterocycles. The third-order valence-electron chi connectivity index (χ3n) is 3.51. The molecule has 94 valence electrons. The van der Waals surface area contributed by atoms with E-state index in [-0.39, 0.29) is 0 Å². The summed E-state index contributed by atoms with van der Waals surface area (Å²) in [5.74, 6) is 0.882. The number of fused-ring (bicyclic) bond motifs is 1. The van der Waals surface area contributed by atoms with Gasteiger partial charge in [-0.25, -0.2) is 4.98 Å². The molecule has 0 radical (unpaired) electrons. The monoisotopic (exact) mass is 241 g/mol. The summed E-state index contributed by atoms with van der Waals surface area (Å²) in [7, 11) is 0. The van der Waals surface area contributed by atoms with Crippen molar-refractivity contribution in [3.05, 3.63) is 35.9 Å². The maximum atomic E-state index is 4.51. The van der Waals surface area contributed by atoms with Crippen LogP contribution in [0, 0.1) is 0 Å². The summed E-state index contributed by atoms with van der Waals surface area (Å²) < 4.78 is 0. The van der Waals surface area contributed by atoms with Crippen LogP contribution in [0.5, 0.6) is 0 Å². The Hall–Kier alpha value is -1.77. The van der Waals surface area contributed by atoms with E-state index in [2.05, 4.69) is 27.4 Å². The van der Waals surface area contributed by atoms with Gasteiger partial charge < -0.3 is 10.3 Å². The van der Waals surface area contributed by atoms with E-state index in [0.717, 1.165) is 29.9 Å². The minimum Gasteiger partial charge on any atom is -0.355 e. The average molecular weight is 241 g/mol. The zero-order valence-corrected chi connectivity index (χ0v) is 10.6. The van der Waals surface area contributed by atoms with Crippen LogP contribution < -0.4 is 5.32 Å². The van der Waals surface area contributed by atoms with E-state index in [0.29, 0.717) is 0 Å². The number of para-hydroxylation sites is 2. The van der Waals surface area contributed by atoms with Gasteiger partial charge in [-0.05, 0) is 44.2 Å². The molecule has 1 aromatic heterocycles. The minimum atomic E-state index is 0.882. The Morgan fingerprint density at radius 1 is 1.22 bits per heavy atom. The lowest BCUT2D eigenvalue weighted by atomic mass is 9.97. The van der Waals surface area contributed by atoms with Gasteiger partial charge in [0.25, 0.3) is 0 Å². The molecule has 3 heteroatoms. The van der Waals surface area contributed by atoms with Crippen molar-refractivity contribution >= 4 is 17.0 Å². The molecule has 0 atom stereocenters. The Morgan fingerprint density at radius 3 is 3.00 bits per heavy atom. The summed E-state index contributed by atoms with van der Waals surface area (Å²) in [6, 6.07) is 8.12. The lowest BCUT2D eigenvalue weighted by Gasteiger charge is -2.12. The van der Waals surface area contributed by atoms with E-state index in [4.69, 9.17) is 0 Å². The summed E-state index contributed by atoms with van der Waals surface area (Å²) >= 11 is 0. The Bertz CT molecular complexity index is 521. The van der Waals surface area contributed by atoms with Crippen LogP contribution in [0.25, 0.3) is 11.0 Å². The van der Waals surface area contributed by atoms with Crippen LogP contribution in [-0.2, 0) is 0 Å². The van der Waals surface area contributed by atoms with Crippen LogP contribution in [0.2, 0.25) is 0 Å². The highest BCUT2D eigenvalue weighted by Crippen LogP contribution is 2.20. The number of nitrogens with zero attached hydrogens (tertiary/aromatic N) is 1. The van der Waals surface area contributed by atoms with Crippen molar-refractivity contribution < 1.29 is 0 Å². The van der Waals surface area contributed by atoms with Crippen molar-refractivity contribution in [1.82, 2.24) is 9.97 Å². The summed E-state index contributed by atoms with van der Waals surface area (Å²) in [5.41, 5.74) is 3.72. The smallest absolute Gasteiger partial charge is 0.201 e. The molecular formula is C15H19N3. The third kappa shape index (κ3) is 2.55. The van der Waals surface area contributed by atoms with Crippen LogP contribution in [-0.4, -0.2) is 16.5 Å². The minimum absolute atomic E-state index is 0.882. The molecule has 1 aliphatic rings. The highest BCUT2D eigenvalue weighted by atomic mass is 15.1. The zero-order chi connectivity index (χ0) is 12.2.